The van der Waals surface area contributed by atoms with Gasteiger partial charge in [0.1, 0.15) is 5.82 Å². The Morgan fingerprint density at radius 3 is 2.52 bits per heavy atom. The number of nitrogens with zero attached hydrogens (tertiary/aromatic N) is 3. The van der Waals surface area contributed by atoms with Crippen LogP contribution in [-0.2, 0) is 16.4 Å². The van der Waals surface area contributed by atoms with E-state index in [1.165, 1.54) is 6.07 Å². The molecule has 0 spiro atoms. The molecule has 122 valence electrons. The molecule has 2 aromatic heterocycles. The highest BCUT2D eigenvalue weighted by Gasteiger charge is 2.30. The minimum absolute atomic E-state index is 0.0767. The van der Waals surface area contributed by atoms with Crippen LogP contribution in [0.15, 0.2) is 41.6 Å². The number of hydrogen-bond donors (Lipinski definition) is 1. The smallest absolute Gasteiger partial charge is 0.200 e. The lowest BCUT2D eigenvalue weighted by Gasteiger charge is -2.20. The van der Waals surface area contributed by atoms with Gasteiger partial charge in [0.05, 0.1) is 17.5 Å². The zero-order valence-electron chi connectivity index (χ0n) is 12.9. The Morgan fingerprint density at radius 1 is 1.04 bits per heavy atom. The minimum atomic E-state index is -3.36. The quantitative estimate of drug-likeness (QED) is 0.906. The van der Waals surface area contributed by atoms with Crippen LogP contribution >= 0.6 is 0 Å². The van der Waals surface area contributed by atoms with Crippen molar-refractivity contribution in [1.29, 1.82) is 0 Å². The maximum absolute atomic E-state index is 12.5. The molecule has 1 aliphatic carbocycles. The van der Waals surface area contributed by atoms with Gasteiger partial charge in [0.15, 0.2) is 14.9 Å². The molecule has 0 aliphatic heterocycles. The van der Waals surface area contributed by atoms with Crippen molar-refractivity contribution in [2.45, 2.75) is 48.9 Å². The number of pyridine rings is 1. The predicted octanol–water partition coefficient (Wildman–Crippen LogP) is 2.59. The normalized spacial score (nSPS) is 16.2. The van der Waals surface area contributed by atoms with Crippen molar-refractivity contribution in [2.75, 3.05) is 5.32 Å². The summed E-state index contributed by atoms with van der Waals surface area (Å²) >= 11 is 0. The molecule has 0 amide bonds. The highest BCUT2D eigenvalue weighted by atomic mass is 32.2. The summed E-state index contributed by atoms with van der Waals surface area (Å²) in [6.45, 7) is 0.518. The fraction of sp³-hybridized carbons (Fsp3) is 0.438. The van der Waals surface area contributed by atoms with Crippen LogP contribution in [0.3, 0.4) is 0 Å². The van der Waals surface area contributed by atoms with E-state index >= 15 is 0 Å². The Hall–Kier alpha value is -2.02. The summed E-state index contributed by atoms with van der Waals surface area (Å²) in [5.41, 5.74) is 0.883. The number of sulfone groups is 1. The molecule has 0 radical (unpaired) electrons. The van der Waals surface area contributed by atoms with E-state index in [9.17, 15) is 8.42 Å². The third-order valence-corrected chi connectivity index (χ3v) is 6.25. The molecular weight excluding hydrogens is 312 g/mol. The Labute approximate surface area is 136 Å². The van der Waals surface area contributed by atoms with E-state index in [1.807, 2.05) is 18.2 Å². The Morgan fingerprint density at radius 2 is 1.87 bits per heavy atom. The van der Waals surface area contributed by atoms with Gasteiger partial charge in [-0.2, -0.15) is 0 Å². The summed E-state index contributed by atoms with van der Waals surface area (Å²) in [7, 11) is -3.36. The average molecular weight is 332 g/mol. The van der Waals surface area contributed by atoms with Crippen molar-refractivity contribution in [3.05, 3.63) is 42.2 Å². The lowest BCUT2D eigenvalue weighted by molar-refractivity contribution is 0.481. The van der Waals surface area contributed by atoms with Crippen LogP contribution in [-0.4, -0.2) is 28.8 Å². The molecule has 6 nitrogen and oxygen atoms in total. The zero-order valence-corrected chi connectivity index (χ0v) is 13.7. The van der Waals surface area contributed by atoms with Crippen molar-refractivity contribution in [1.82, 2.24) is 15.2 Å². The highest BCUT2D eigenvalue weighted by Crippen LogP contribution is 2.27. The van der Waals surface area contributed by atoms with Crippen molar-refractivity contribution >= 4 is 15.7 Å². The van der Waals surface area contributed by atoms with E-state index in [-0.39, 0.29) is 10.3 Å². The molecule has 3 rings (SSSR count). The first-order chi connectivity index (χ1) is 11.2. The van der Waals surface area contributed by atoms with E-state index < -0.39 is 9.84 Å². The summed E-state index contributed by atoms with van der Waals surface area (Å²) in [5, 5.41) is 10.8. The molecular formula is C16H20N4O2S. The molecule has 0 aromatic carbocycles. The first-order valence-electron chi connectivity index (χ1n) is 7.88. The van der Waals surface area contributed by atoms with Gasteiger partial charge < -0.3 is 5.32 Å². The van der Waals surface area contributed by atoms with Crippen LogP contribution in [0.1, 0.15) is 37.8 Å². The lowest BCUT2D eigenvalue weighted by Crippen LogP contribution is -2.25. The fourth-order valence-corrected chi connectivity index (χ4v) is 4.50. The molecule has 1 aliphatic rings. The van der Waals surface area contributed by atoms with E-state index in [0.717, 1.165) is 37.8 Å². The number of aromatic nitrogens is 3. The number of rotatable bonds is 5. The van der Waals surface area contributed by atoms with Gasteiger partial charge in [0.2, 0.25) is 0 Å². The summed E-state index contributed by atoms with van der Waals surface area (Å²) in [4.78, 5) is 4.21. The van der Waals surface area contributed by atoms with Gasteiger partial charge in [-0.15, -0.1) is 10.2 Å². The first-order valence-corrected chi connectivity index (χ1v) is 9.42. The number of nitrogens with one attached hydrogen (secondary N) is 1. The molecule has 0 unspecified atom stereocenters. The Balaban J connectivity index is 1.66. The molecule has 7 heteroatoms. The van der Waals surface area contributed by atoms with Gasteiger partial charge in [-0.1, -0.05) is 25.3 Å². The average Bonchev–Trinajstić information content (AvgIpc) is 2.62. The molecule has 0 atom stereocenters. The molecule has 2 aromatic rings. The predicted molar refractivity (Wildman–Crippen MR) is 87.7 cm³/mol. The Kier molecular flexibility index (Phi) is 4.85. The monoisotopic (exact) mass is 332 g/mol. The molecule has 1 N–H and O–H groups in total. The lowest BCUT2D eigenvalue weighted by atomic mass is 10.0. The zero-order chi connectivity index (χ0) is 16.1. The van der Waals surface area contributed by atoms with E-state index in [0.29, 0.717) is 12.4 Å². The van der Waals surface area contributed by atoms with Crippen LogP contribution < -0.4 is 5.32 Å². The van der Waals surface area contributed by atoms with Gasteiger partial charge in [0.25, 0.3) is 0 Å². The largest absolute Gasteiger partial charge is 0.363 e. The van der Waals surface area contributed by atoms with Crippen LogP contribution in [0.5, 0.6) is 0 Å². The van der Waals surface area contributed by atoms with E-state index in [2.05, 4.69) is 20.5 Å². The van der Waals surface area contributed by atoms with Gasteiger partial charge >= 0.3 is 0 Å². The summed E-state index contributed by atoms with van der Waals surface area (Å²) in [6.07, 6.45) is 6.24. The molecule has 2 heterocycles. The summed E-state index contributed by atoms with van der Waals surface area (Å²) < 4.78 is 25.1. The van der Waals surface area contributed by atoms with E-state index in [4.69, 9.17) is 0 Å². The molecule has 0 bridgehead atoms. The third-order valence-electron chi connectivity index (χ3n) is 4.10. The van der Waals surface area contributed by atoms with Crippen LogP contribution in [0.4, 0.5) is 5.82 Å². The third kappa shape index (κ3) is 3.85. The van der Waals surface area contributed by atoms with Gasteiger partial charge in [-0.05, 0) is 37.1 Å². The molecule has 0 saturated heterocycles. The topological polar surface area (TPSA) is 84.8 Å². The van der Waals surface area contributed by atoms with Crippen molar-refractivity contribution in [3.63, 3.8) is 0 Å². The fourth-order valence-electron chi connectivity index (χ4n) is 2.80. The number of anilines is 1. The van der Waals surface area contributed by atoms with Gasteiger partial charge in [-0.25, -0.2) is 8.42 Å². The van der Waals surface area contributed by atoms with Crippen molar-refractivity contribution in [3.8, 4) is 0 Å². The van der Waals surface area contributed by atoms with Gasteiger partial charge in [0, 0.05) is 6.20 Å². The summed E-state index contributed by atoms with van der Waals surface area (Å²) in [6, 6.07) is 8.87. The number of hydrogen-bond acceptors (Lipinski definition) is 6. The molecule has 23 heavy (non-hydrogen) atoms. The minimum Gasteiger partial charge on any atom is -0.363 e. The van der Waals surface area contributed by atoms with Gasteiger partial charge in [-0.3, -0.25) is 4.98 Å². The molecule has 1 fully saturated rings. The SMILES string of the molecule is O=S(=O)(c1ccc(NCc2ccccn2)nn1)C1CCCCC1. The van der Waals surface area contributed by atoms with Crippen LogP contribution in [0.2, 0.25) is 0 Å². The second-order valence-electron chi connectivity index (χ2n) is 5.74. The van der Waals surface area contributed by atoms with E-state index in [1.54, 1.807) is 12.3 Å². The standard InChI is InChI=1S/C16H20N4O2S/c21-23(22,14-7-2-1-3-8-14)16-10-9-15(19-20-16)18-12-13-6-4-5-11-17-13/h4-6,9-11,14H,1-3,7-8,12H2,(H,18,19). The highest BCUT2D eigenvalue weighted by molar-refractivity contribution is 7.92. The Bertz CT molecular complexity index is 726. The van der Waals surface area contributed by atoms with Crippen LogP contribution in [0.25, 0.3) is 0 Å². The molecule has 1 saturated carbocycles. The van der Waals surface area contributed by atoms with Crippen LogP contribution in [0, 0.1) is 0 Å². The van der Waals surface area contributed by atoms with Crippen molar-refractivity contribution in [2.24, 2.45) is 0 Å². The first kappa shape index (κ1) is 15.9. The maximum atomic E-state index is 12.5. The summed E-state index contributed by atoms with van der Waals surface area (Å²) in [5.74, 6) is 0.540. The maximum Gasteiger partial charge on any atom is 0.200 e. The second-order valence-corrected chi connectivity index (χ2v) is 7.91. The second kappa shape index (κ2) is 7.04. The van der Waals surface area contributed by atoms with Crippen molar-refractivity contribution < 1.29 is 8.42 Å².